The molecule has 0 heterocycles. The molecule has 0 saturated carbocycles. The first-order valence-electron chi connectivity index (χ1n) is 6.85. The third kappa shape index (κ3) is 4.25. The lowest BCUT2D eigenvalue weighted by Crippen LogP contribution is -2.53. The Morgan fingerprint density at radius 1 is 1.26 bits per heavy atom. The Balaban J connectivity index is 2.91. The van der Waals surface area contributed by atoms with E-state index in [-0.39, 0.29) is 5.91 Å². The quantitative estimate of drug-likeness (QED) is 0.683. The number of primary amides is 1. The summed E-state index contributed by atoms with van der Waals surface area (Å²) in [6.07, 6.45) is 1.88. The number of rotatable bonds is 9. The number of hydrogen-bond acceptors (Lipinski definition) is 3. The predicted octanol–water partition coefficient (Wildman–Crippen LogP) is 2.51. The highest BCUT2D eigenvalue weighted by Crippen LogP contribution is 2.27. The van der Waals surface area contributed by atoms with Gasteiger partial charge in [-0.15, -0.1) is 0 Å². The lowest BCUT2D eigenvalue weighted by Gasteiger charge is -2.32. The van der Waals surface area contributed by atoms with Crippen molar-refractivity contribution in [2.75, 3.05) is 18.1 Å². The van der Waals surface area contributed by atoms with Gasteiger partial charge < -0.3 is 5.73 Å². The largest absolute Gasteiger partial charge is 0.368 e. The zero-order valence-corrected chi connectivity index (χ0v) is 12.6. The summed E-state index contributed by atoms with van der Waals surface area (Å²) < 4.78 is 0. The van der Waals surface area contributed by atoms with Gasteiger partial charge in [0.2, 0.25) is 5.91 Å². The van der Waals surface area contributed by atoms with Gasteiger partial charge in [-0.1, -0.05) is 44.2 Å². The fraction of sp³-hybridized carbons (Fsp3) is 0.533. The van der Waals surface area contributed by atoms with Gasteiger partial charge in [0.25, 0.3) is 0 Å². The number of likely N-dealkylation sites (N-methyl/N-ethyl adjacent to an activating group) is 1. The van der Waals surface area contributed by atoms with Crippen LogP contribution < -0.4 is 11.1 Å². The normalized spacial score (nSPS) is 14.0. The molecule has 3 nitrogen and oxygen atoms in total. The lowest BCUT2D eigenvalue weighted by molar-refractivity contribution is -0.124. The van der Waals surface area contributed by atoms with Gasteiger partial charge in [-0.2, -0.15) is 11.8 Å². The van der Waals surface area contributed by atoms with Crippen LogP contribution in [0.3, 0.4) is 0 Å². The van der Waals surface area contributed by atoms with E-state index >= 15 is 0 Å². The van der Waals surface area contributed by atoms with Crippen LogP contribution >= 0.6 is 11.8 Å². The average Bonchev–Trinajstić information content (AvgIpc) is 2.43. The fourth-order valence-electron chi connectivity index (χ4n) is 2.18. The Morgan fingerprint density at radius 3 is 2.47 bits per heavy atom. The summed E-state index contributed by atoms with van der Waals surface area (Å²) in [6, 6.07) is 9.79. The number of benzene rings is 1. The van der Waals surface area contributed by atoms with Crippen LogP contribution in [0.25, 0.3) is 0 Å². The van der Waals surface area contributed by atoms with E-state index in [1.807, 2.05) is 49.0 Å². The monoisotopic (exact) mass is 280 g/mol. The maximum atomic E-state index is 12.0. The molecule has 1 amide bonds. The topological polar surface area (TPSA) is 55.1 Å². The fourth-order valence-corrected chi connectivity index (χ4v) is 3.13. The molecule has 0 bridgehead atoms. The highest BCUT2D eigenvalue weighted by atomic mass is 32.2. The minimum absolute atomic E-state index is 0.294. The van der Waals surface area contributed by atoms with Crippen molar-refractivity contribution < 1.29 is 4.79 Å². The van der Waals surface area contributed by atoms with E-state index in [9.17, 15) is 4.79 Å². The van der Waals surface area contributed by atoms with E-state index in [4.69, 9.17) is 5.73 Å². The molecule has 19 heavy (non-hydrogen) atoms. The maximum Gasteiger partial charge on any atom is 0.242 e. The Labute approximate surface area is 120 Å². The summed E-state index contributed by atoms with van der Waals surface area (Å²) in [7, 11) is 0. The Hall–Kier alpha value is -1.00. The molecule has 1 unspecified atom stereocenters. The first-order valence-corrected chi connectivity index (χ1v) is 8.01. The second kappa shape index (κ2) is 8.23. The SMILES string of the molecule is CCCSCCC(NCC)(C(N)=O)c1ccccc1. The van der Waals surface area contributed by atoms with Gasteiger partial charge in [-0.3, -0.25) is 10.1 Å². The molecule has 0 aliphatic carbocycles. The highest BCUT2D eigenvalue weighted by molar-refractivity contribution is 7.99. The number of nitrogens with two attached hydrogens (primary N) is 1. The van der Waals surface area contributed by atoms with Gasteiger partial charge in [0, 0.05) is 0 Å². The first kappa shape index (κ1) is 16.1. The summed E-state index contributed by atoms with van der Waals surface area (Å²) in [5.41, 5.74) is 5.91. The number of thioether (sulfide) groups is 1. The molecule has 0 spiro atoms. The lowest BCUT2D eigenvalue weighted by atomic mass is 9.86. The zero-order valence-electron chi connectivity index (χ0n) is 11.8. The van der Waals surface area contributed by atoms with E-state index in [1.54, 1.807) is 0 Å². The predicted molar refractivity (Wildman–Crippen MR) is 83.2 cm³/mol. The summed E-state index contributed by atoms with van der Waals surface area (Å²) in [5, 5.41) is 3.30. The summed E-state index contributed by atoms with van der Waals surface area (Å²) in [6.45, 7) is 4.88. The van der Waals surface area contributed by atoms with Crippen LogP contribution in [-0.2, 0) is 10.3 Å². The highest BCUT2D eigenvalue weighted by Gasteiger charge is 2.36. The van der Waals surface area contributed by atoms with Crippen LogP contribution in [0.15, 0.2) is 30.3 Å². The molecule has 4 heteroatoms. The molecule has 0 aromatic heterocycles. The third-order valence-corrected chi connectivity index (χ3v) is 4.33. The van der Waals surface area contributed by atoms with E-state index in [2.05, 4.69) is 12.2 Å². The minimum atomic E-state index is -0.739. The van der Waals surface area contributed by atoms with Crippen LogP contribution in [0.4, 0.5) is 0 Å². The van der Waals surface area contributed by atoms with Gasteiger partial charge in [0.05, 0.1) is 0 Å². The van der Waals surface area contributed by atoms with Crippen molar-refractivity contribution in [1.82, 2.24) is 5.32 Å². The Morgan fingerprint density at radius 2 is 1.95 bits per heavy atom. The molecule has 0 fully saturated rings. The van der Waals surface area contributed by atoms with Crippen LogP contribution in [0, 0.1) is 0 Å². The molecule has 0 radical (unpaired) electrons. The number of carbonyl (C=O) groups is 1. The van der Waals surface area contributed by atoms with Crippen LogP contribution in [-0.4, -0.2) is 24.0 Å². The van der Waals surface area contributed by atoms with Crippen molar-refractivity contribution in [2.24, 2.45) is 5.73 Å². The van der Waals surface area contributed by atoms with E-state index in [1.165, 1.54) is 0 Å². The Bertz CT molecular complexity index is 383. The van der Waals surface area contributed by atoms with Gasteiger partial charge in [-0.05, 0) is 36.5 Å². The smallest absolute Gasteiger partial charge is 0.242 e. The molecule has 1 aromatic carbocycles. The maximum absolute atomic E-state index is 12.0. The van der Waals surface area contributed by atoms with Crippen molar-refractivity contribution in [2.45, 2.75) is 32.2 Å². The molecular weight excluding hydrogens is 256 g/mol. The average molecular weight is 280 g/mol. The molecule has 1 aromatic rings. The Kier molecular flexibility index (Phi) is 6.95. The van der Waals surface area contributed by atoms with Crippen molar-refractivity contribution >= 4 is 17.7 Å². The zero-order chi connectivity index (χ0) is 14.1. The summed E-state index contributed by atoms with van der Waals surface area (Å²) >= 11 is 1.87. The first-order chi connectivity index (χ1) is 9.17. The molecule has 106 valence electrons. The van der Waals surface area contributed by atoms with E-state index in [0.717, 1.165) is 36.5 Å². The van der Waals surface area contributed by atoms with Crippen LogP contribution in [0.5, 0.6) is 0 Å². The molecule has 0 aliphatic heterocycles. The summed E-state index contributed by atoms with van der Waals surface area (Å²) in [4.78, 5) is 12.0. The number of amides is 1. The number of hydrogen-bond donors (Lipinski definition) is 2. The van der Waals surface area contributed by atoms with Crippen molar-refractivity contribution in [3.63, 3.8) is 0 Å². The van der Waals surface area contributed by atoms with Gasteiger partial charge in [0.1, 0.15) is 5.54 Å². The third-order valence-electron chi connectivity index (χ3n) is 3.14. The second-order valence-corrected chi connectivity index (χ2v) is 5.75. The van der Waals surface area contributed by atoms with E-state index in [0.29, 0.717) is 0 Å². The molecule has 0 aliphatic rings. The van der Waals surface area contributed by atoms with Crippen LogP contribution in [0.1, 0.15) is 32.3 Å². The molecule has 0 saturated heterocycles. The molecule has 1 atom stereocenters. The van der Waals surface area contributed by atoms with Crippen molar-refractivity contribution in [3.8, 4) is 0 Å². The number of nitrogens with one attached hydrogen (secondary N) is 1. The summed E-state index contributed by atoms with van der Waals surface area (Å²) in [5.74, 6) is 1.76. The minimum Gasteiger partial charge on any atom is -0.368 e. The van der Waals surface area contributed by atoms with Gasteiger partial charge in [0.15, 0.2) is 0 Å². The van der Waals surface area contributed by atoms with E-state index < -0.39 is 5.54 Å². The molecule has 1 rings (SSSR count). The van der Waals surface area contributed by atoms with Crippen molar-refractivity contribution in [1.29, 1.82) is 0 Å². The van der Waals surface area contributed by atoms with Crippen LogP contribution in [0.2, 0.25) is 0 Å². The van der Waals surface area contributed by atoms with Crippen molar-refractivity contribution in [3.05, 3.63) is 35.9 Å². The van der Waals surface area contributed by atoms with Gasteiger partial charge >= 0.3 is 0 Å². The van der Waals surface area contributed by atoms with Gasteiger partial charge in [-0.25, -0.2) is 0 Å². The second-order valence-electron chi connectivity index (χ2n) is 4.53. The number of carbonyl (C=O) groups excluding carboxylic acids is 1. The standard InChI is InChI=1S/C15H24N2OS/c1-3-11-19-12-10-15(14(16)18,17-4-2)13-8-6-5-7-9-13/h5-9,17H,3-4,10-12H2,1-2H3,(H2,16,18). The molecular formula is C15H24N2OS. The molecule has 3 N–H and O–H groups in total.